The van der Waals surface area contributed by atoms with E-state index in [1.54, 1.807) is 13.2 Å². The normalized spacial score (nSPS) is 15.5. The number of methoxy groups -OCH3 is 1. The highest BCUT2D eigenvalue weighted by molar-refractivity contribution is 7.91. The highest BCUT2D eigenvalue weighted by atomic mass is 32.2. The summed E-state index contributed by atoms with van der Waals surface area (Å²) in [6, 6.07) is 2.35. The third kappa shape index (κ3) is 6.01. The zero-order chi connectivity index (χ0) is 15.1. The lowest BCUT2D eigenvalue weighted by Crippen LogP contribution is -2.27. The van der Waals surface area contributed by atoms with Crippen LogP contribution in [-0.2, 0) is 26.0 Å². The summed E-state index contributed by atoms with van der Waals surface area (Å²) in [5, 5.41) is 5.26. The van der Waals surface area contributed by atoms with Gasteiger partial charge >= 0.3 is 0 Å². The van der Waals surface area contributed by atoms with Crippen LogP contribution in [0.4, 0.5) is 0 Å². The Hall–Kier alpha value is -0.510. The van der Waals surface area contributed by atoms with Crippen LogP contribution in [0, 0.1) is 0 Å². The SMILES string of the molecule is COCCOCCNS(=O)(=O)c1cc(CNC2CC2)cs1. The van der Waals surface area contributed by atoms with E-state index in [1.165, 1.54) is 24.2 Å². The molecule has 120 valence electrons. The van der Waals surface area contributed by atoms with E-state index in [4.69, 9.17) is 9.47 Å². The molecular weight excluding hydrogens is 312 g/mol. The van der Waals surface area contributed by atoms with Crippen LogP contribution in [0.15, 0.2) is 15.7 Å². The molecule has 1 heterocycles. The Kier molecular flexibility index (Phi) is 6.59. The van der Waals surface area contributed by atoms with Crippen molar-refractivity contribution < 1.29 is 17.9 Å². The van der Waals surface area contributed by atoms with Crippen LogP contribution < -0.4 is 10.0 Å². The second kappa shape index (κ2) is 8.21. The minimum Gasteiger partial charge on any atom is -0.382 e. The number of rotatable bonds is 11. The predicted octanol–water partition coefficient (Wildman–Crippen LogP) is 0.941. The lowest BCUT2D eigenvalue weighted by atomic mass is 10.3. The summed E-state index contributed by atoms with van der Waals surface area (Å²) in [5.41, 5.74) is 1.02. The summed E-state index contributed by atoms with van der Waals surface area (Å²) in [4.78, 5) is 0. The first-order valence-corrected chi connectivity index (χ1v) is 9.35. The number of ether oxygens (including phenoxy) is 2. The fourth-order valence-corrected chi connectivity index (χ4v) is 3.97. The molecule has 0 amide bonds. The Bertz CT molecular complexity index is 526. The maximum Gasteiger partial charge on any atom is 0.250 e. The fraction of sp³-hybridized carbons (Fsp3) is 0.692. The monoisotopic (exact) mass is 334 g/mol. The summed E-state index contributed by atoms with van der Waals surface area (Å²) >= 11 is 1.25. The van der Waals surface area contributed by atoms with E-state index in [9.17, 15) is 8.42 Å². The smallest absolute Gasteiger partial charge is 0.250 e. The predicted molar refractivity (Wildman–Crippen MR) is 82.1 cm³/mol. The van der Waals surface area contributed by atoms with E-state index in [1.807, 2.05) is 5.38 Å². The van der Waals surface area contributed by atoms with Gasteiger partial charge in [0.1, 0.15) is 4.21 Å². The average molecular weight is 334 g/mol. The van der Waals surface area contributed by atoms with Gasteiger partial charge < -0.3 is 14.8 Å². The van der Waals surface area contributed by atoms with Gasteiger partial charge in [-0.3, -0.25) is 0 Å². The number of thiophene rings is 1. The van der Waals surface area contributed by atoms with Crippen LogP contribution in [0.3, 0.4) is 0 Å². The van der Waals surface area contributed by atoms with Gasteiger partial charge in [0.15, 0.2) is 0 Å². The number of nitrogens with one attached hydrogen (secondary N) is 2. The lowest BCUT2D eigenvalue weighted by molar-refractivity contribution is 0.0736. The van der Waals surface area contributed by atoms with Crippen molar-refractivity contribution in [3.63, 3.8) is 0 Å². The third-order valence-corrected chi connectivity index (χ3v) is 5.99. The molecule has 0 saturated heterocycles. The van der Waals surface area contributed by atoms with Crippen LogP contribution in [0.25, 0.3) is 0 Å². The van der Waals surface area contributed by atoms with Crippen molar-refractivity contribution in [2.75, 3.05) is 33.5 Å². The topological polar surface area (TPSA) is 76.7 Å². The first-order chi connectivity index (χ1) is 10.1. The molecule has 0 radical (unpaired) electrons. The maximum atomic E-state index is 12.1. The molecule has 1 saturated carbocycles. The molecule has 0 aliphatic heterocycles. The number of sulfonamides is 1. The standard InChI is InChI=1S/C13H22N2O4S2/c1-18-6-7-19-5-4-15-21(16,17)13-8-11(10-20-13)9-14-12-2-3-12/h8,10,12,14-15H,2-7,9H2,1H3. The van der Waals surface area contributed by atoms with Crippen LogP contribution in [0.2, 0.25) is 0 Å². The fourth-order valence-electron chi connectivity index (χ4n) is 1.70. The average Bonchev–Trinajstić information content (AvgIpc) is 3.16. The molecule has 1 aromatic rings. The van der Waals surface area contributed by atoms with Crippen molar-refractivity contribution in [1.82, 2.24) is 10.0 Å². The van der Waals surface area contributed by atoms with E-state index in [-0.39, 0.29) is 6.54 Å². The highest BCUT2D eigenvalue weighted by Crippen LogP contribution is 2.22. The van der Waals surface area contributed by atoms with Crippen molar-refractivity contribution in [3.8, 4) is 0 Å². The summed E-state index contributed by atoms with van der Waals surface area (Å²) in [5.74, 6) is 0. The summed E-state index contributed by atoms with van der Waals surface area (Å²) in [7, 11) is -1.83. The Morgan fingerprint density at radius 1 is 1.33 bits per heavy atom. The molecule has 8 heteroatoms. The van der Waals surface area contributed by atoms with Crippen molar-refractivity contribution >= 4 is 21.4 Å². The van der Waals surface area contributed by atoms with Gasteiger partial charge in [0.2, 0.25) is 10.0 Å². The van der Waals surface area contributed by atoms with Crippen molar-refractivity contribution in [2.45, 2.75) is 29.6 Å². The van der Waals surface area contributed by atoms with Gasteiger partial charge in [-0.25, -0.2) is 13.1 Å². The lowest BCUT2D eigenvalue weighted by Gasteiger charge is -2.05. The molecule has 1 aliphatic rings. The quantitative estimate of drug-likeness (QED) is 0.589. The molecule has 2 rings (SSSR count). The van der Waals surface area contributed by atoms with E-state index in [2.05, 4.69) is 10.0 Å². The zero-order valence-corrected chi connectivity index (χ0v) is 13.8. The molecule has 6 nitrogen and oxygen atoms in total. The van der Waals surface area contributed by atoms with E-state index >= 15 is 0 Å². The number of hydrogen-bond acceptors (Lipinski definition) is 6. The van der Waals surface area contributed by atoms with Crippen LogP contribution in [0.5, 0.6) is 0 Å². The zero-order valence-electron chi connectivity index (χ0n) is 12.1. The van der Waals surface area contributed by atoms with Gasteiger partial charge in [-0.2, -0.15) is 0 Å². The molecular formula is C13H22N2O4S2. The second-order valence-electron chi connectivity index (χ2n) is 4.93. The Balaban J connectivity index is 1.73. The molecule has 0 aromatic carbocycles. The minimum absolute atomic E-state index is 0.263. The first kappa shape index (κ1) is 16.9. The maximum absolute atomic E-state index is 12.1. The molecule has 21 heavy (non-hydrogen) atoms. The van der Waals surface area contributed by atoms with Crippen molar-refractivity contribution in [2.24, 2.45) is 0 Å². The summed E-state index contributed by atoms with van der Waals surface area (Å²) in [6.07, 6.45) is 2.44. The van der Waals surface area contributed by atoms with Gasteiger partial charge in [-0.1, -0.05) is 0 Å². The molecule has 0 atom stereocenters. The minimum atomic E-state index is -3.43. The molecule has 2 N–H and O–H groups in total. The molecule has 0 unspecified atom stereocenters. The van der Waals surface area contributed by atoms with Crippen LogP contribution in [0.1, 0.15) is 18.4 Å². The van der Waals surface area contributed by atoms with Gasteiger partial charge in [0.25, 0.3) is 0 Å². The van der Waals surface area contributed by atoms with Crippen LogP contribution in [-0.4, -0.2) is 47.9 Å². The van der Waals surface area contributed by atoms with Gasteiger partial charge in [0, 0.05) is 26.2 Å². The first-order valence-electron chi connectivity index (χ1n) is 6.99. The Labute approximate surface area is 129 Å². The Morgan fingerprint density at radius 2 is 2.14 bits per heavy atom. The van der Waals surface area contributed by atoms with Gasteiger partial charge in [0.05, 0.1) is 19.8 Å². The highest BCUT2D eigenvalue weighted by Gasteiger charge is 2.21. The van der Waals surface area contributed by atoms with Gasteiger partial charge in [-0.05, 0) is 29.9 Å². The van der Waals surface area contributed by atoms with Gasteiger partial charge in [-0.15, -0.1) is 11.3 Å². The molecule has 1 aliphatic carbocycles. The molecule has 0 spiro atoms. The molecule has 1 aromatic heterocycles. The number of hydrogen-bond donors (Lipinski definition) is 2. The summed E-state index contributed by atoms with van der Waals surface area (Å²) in [6.45, 7) is 2.31. The van der Waals surface area contributed by atoms with E-state index in [0.717, 1.165) is 12.1 Å². The molecule has 0 bridgehead atoms. The van der Waals surface area contributed by atoms with Crippen molar-refractivity contribution in [3.05, 3.63) is 17.0 Å². The molecule has 1 fully saturated rings. The Morgan fingerprint density at radius 3 is 2.86 bits per heavy atom. The largest absolute Gasteiger partial charge is 0.382 e. The van der Waals surface area contributed by atoms with Crippen LogP contribution >= 0.6 is 11.3 Å². The third-order valence-electron chi connectivity index (χ3n) is 3.04. The van der Waals surface area contributed by atoms with E-state index < -0.39 is 10.0 Å². The second-order valence-corrected chi connectivity index (χ2v) is 7.84. The van der Waals surface area contributed by atoms with Crippen molar-refractivity contribution in [1.29, 1.82) is 0 Å². The summed E-state index contributed by atoms with van der Waals surface area (Å²) < 4.78 is 37.1. The van der Waals surface area contributed by atoms with E-state index in [0.29, 0.717) is 30.1 Å².